The van der Waals surface area contributed by atoms with Crippen molar-refractivity contribution < 1.29 is 4.39 Å². The number of rotatable bonds is 6. The molecule has 4 nitrogen and oxygen atoms in total. The number of hydrogen-bond donors (Lipinski definition) is 1. The number of likely N-dealkylation sites (N-methyl/N-ethyl adjacent to an activating group) is 2. The number of fused-ring (bicyclic) bond motifs is 1. The van der Waals surface area contributed by atoms with Gasteiger partial charge in [-0.05, 0) is 33.3 Å². The number of aromatic nitrogens is 2. The van der Waals surface area contributed by atoms with Gasteiger partial charge in [0.1, 0.15) is 11.6 Å². The summed E-state index contributed by atoms with van der Waals surface area (Å²) in [4.78, 5) is 6.69. The average molecular weight is 264 g/mol. The van der Waals surface area contributed by atoms with Crippen LogP contribution < -0.4 is 5.32 Å². The molecule has 0 unspecified atom stereocenters. The van der Waals surface area contributed by atoms with Crippen LogP contribution in [0.2, 0.25) is 0 Å². The molecule has 1 N–H and O–H groups in total. The highest BCUT2D eigenvalue weighted by Crippen LogP contribution is 2.18. The van der Waals surface area contributed by atoms with Gasteiger partial charge in [0, 0.05) is 32.1 Å². The van der Waals surface area contributed by atoms with Crippen LogP contribution in [0.3, 0.4) is 0 Å². The molecule has 0 saturated heterocycles. The summed E-state index contributed by atoms with van der Waals surface area (Å²) >= 11 is 0. The maximum atomic E-state index is 13.3. The second-order valence-electron chi connectivity index (χ2n) is 4.97. The largest absolute Gasteiger partial charge is 0.327 e. The highest BCUT2D eigenvalue weighted by molar-refractivity contribution is 5.76. The molecule has 1 aromatic heterocycles. The summed E-state index contributed by atoms with van der Waals surface area (Å²) in [5, 5.41) is 3.13. The molecule has 19 heavy (non-hydrogen) atoms. The van der Waals surface area contributed by atoms with E-state index in [0.29, 0.717) is 0 Å². The third kappa shape index (κ3) is 3.30. The standard InChI is InChI=1S/C14H21FN4/c1-16-7-6-14-17-12-10-11(15)4-5-13(12)19(14)9-8-18(2)3/h4-5,10,16H,6-9H2,1-3H3. The number of nitrogens with one attached hydrogen (secondary N) is 1. The maximum absolute atomic E-state index is 13.3. The van der Waals surface area contributed by atoms with Crippen LogP contribution in [0, 0.1) is 5.82 Å². The van der Waals surface area contributed by atoms with Crippen molar-refractivity contribution in [3.05, 3.63) is 29.8 Å². The smallest absolute Gasteiger partial charge is 0.125 e. The summed E-state index contributed by atoms with van der Waals surface area (Å²) in [6.45, 7) is 2.68. The van der Waals surface area contributed by atoms with Crippen LogP contribution >= 0.6 is 0 Å². The molecule has 0 aliphatic carbocycles. The summed E-state index contributed by atoms with van der Waals surface area (Å²) in [6, 6.07) is 4.82. The van der Waals surface area contributed by atoms with Crippen molar-refractivity contribution in [3.8, 4) is 0 Å². The Labute approximate surface area is 113 Å². The second-order valence-corrected chi connectivity index (χ2v) is 4.97. The normalized spacial score (nSPS) is 11.6. The number of nitrogens with zero attached hydrogens (tertiary/aromatic N) is 3. The molecule has 0 aliphatic rings. The Hall–Kier alpha value is -1.46. The lowest BCUT2D eigenvalue weighted by molar-refractivity contribution is 0.383. The Kier molecular flexibility index (Phi) is 4.50. The van der Waals surface area contributed by atoms with E-state index in [2.05, 4.69) is 19.8 Å². The van der Waals surface area contributed by atoms with E-state index in [-0.39, 0.29) is 5.82 Å². The van der Waals surface area contributed by atoms with Crippen LogP contribution in [0.5, 0.6) is 0 Å². The molecule has 0 atom stereocenters. The van der Waals surface area contributed by atoms with E-state index in [1.165, 1.54) is 12.1 Å². The van der Waals surface area contributed by atoms with Gasteiger partial charge in [0.15, 0.2) is 0 Å². The average Bonchev–Trinajstić information content (AvgIpc) is 2.70. The third-order valence-corrected chi connectivity index (χ3v) is 3.16. The van der Waals surface area contributed by atoms with Gasteiger partial charge in [-0.3, -0.25) is 0 Å². The monoisotopic (exact) mass is 264 g/mol. The Balaban J connectivity index is 2.36. The number of benzene rings is 1. The van der Waals surface area contributed by atoms with Gasteiger partial charge in [0.2, 0.25) is 0 Å². The van der Waals surface area contributed by atoms with Crippen LogP contribution in [0.1, 0.15) is 5.82 Å². The van der Waals surface area contributed by atoms with E-state index < -0.39 is 0 Å². The fourth-order valence-electron chi connectivity index (χ4n) is 2.13. The lowest BCUT2D eigenvalue weighted by Crippen LogP contribution is -2.21. The molecule has 0 aliphatic heterocycles. The predicted octanol–water partition coefficient (Wildman–Crippen LogP) is 1.50. The minimum Gasteiger partial charge on any atom is -0.327 e. The van der Waals surface area contributed by atoms with E-state index in [0.717, 1.165) is 42.9 Å². The van der Waals surface area contributed by atoms with Gasteiger partial charge in [-0.15, -0.1) is 0 Å². The molecule has 5 heteroatoms. The van der Waals surface area contributed by atoms with Gasteiger partial charge in [-0.25, -0.2) is 9.37 Å². The van der Waals surface area contributed by atoms with Crippen molar-refractivity contribution in [1.82, 2.24) is 19.8 Å². The molecule has 2 aromatic rings. The molecule has 104 valence electrons. The topological polar surface area (TPSA) is 33.1 Å². The van der Waals surface area contributed by atoms with Gasteiger partial charge >= 0.3 is 0 Å². The highest BCUT2D eigenvalue weighted by Gasteiger charge is 2.11. The number of halogens is 1. The van der Waals surface area contributed by atoms with Crippen molar-refractivity contribution in [2.45, 2.75) is 13.0 Å². The van der Waals surface area contributed by atoms with E-state index in [1.54, 1.807) is 0 Å². The molecule has 0 bridgehead atoms. The molecular weight excluding hydrogens is 243 g/mol. The number of hydrogen-bond acceptors (Lipinski definition) is 3. The van der Waals surface area contributed by atoms with E-state index in [1.807, 2.05) is 27.2 Å². The van der Waals surface area contributed by atoms with E-state index in [4.69, 9.17) is 0 Å². The summed E-state index contributed by atoms with van der Waals surface area (Å²) in [6.07, 6.45) is 0.847. The van der Waals surface area contributed by atoms with E-state index in [9.17, 15) is 4.39 Å². The van der Waals surface area contributed by atoms with Crippen LogP contribution in [0.4, 0.5) is 4.39 Å². The molecule has 2 rings (SSSR count). The molecule has 1 heterocycles. The van der Waals surface area contributed by atoms with Crippen molar-refractivity contribution in [2.24, 2.45) is 0 Å². The Bertz CT molecular complexity index is 548. The van der Waals surface area contributed by atoms with Crippen molar-refractivity contribution in [3.63, 3.8) is 0 Å². The molecule has 0 radical (unpaired) electrons. The van der Waals surface area contributed by atoms with Gasteiger partial charge in [0.05, 0.1) is 11.0 Å². The summed E-state index contributed by atoms with van der Waals surface area (Å²) in [5.41, 5.74) is 1.75. The summed E-state index contributed by atoms with van der Waals surface area (Å²) in [5.74, 6) is 0.779. The first-order chi connectivity index (χ1) is 9.11. The minimum atomic E-state index is -0.232. The zero-order valence-electron chi connectivity index (χ0n) is 11.8. The molecular formula is C14H21FN4. The first-order valence-corrected chi connectivity index (χ1v) is 6.56. The van der Waals surface area contributed by atoms with Crippen LogP contribution in [-0.2, 0) is 13.0 Å². The molecule has 1 aromatic carbocycles. The van der Waals surface area contributed by atoms with Gasteiger partial charge in [0.25, 0.3) is 0 Å². The fourth-order valence-corrected chi connectivity index (χ4v) is 2.13. The van der Waals surface area contributed by atoms with Gasteiger partial charge in [-0.1, -0.05) is 0 Å². The molecule has 0 amide bonds. The number of imidazole rings is 1. The van der Waals surface area contributed by atoms with Crippen molar-refractivity contribution in [2.75, 3.05) is 34.2 Å². The van der Waals surface area contributed by atoms with Crippen LogP contribution in [0.15, 0.2) is 18.2 Å². The Morgan fingerprint density at radius 3 is 2.84 bits per heavy atom. The lowest BCUT2D eigenvalue weighted by atomic mass is 10.3. The maximum Gasteiger partial charge on any atom is 0.125 e. The second kappa shape index (κ2) is 6.12. The zero-order chi connectivity index (χ0) is 13.8. The predicted molar refractivity (Wildman–Crippen MR) is 75.9 cm³/mol. The fraction of sp³-hybridized carbons (Fsp3) is 0.500. The van der Waals surface area contributed by atoms with Gasteiger partial charge < -0.3 is 14.8 Å². The first kappa shape index (κ1) is 14.0. The SMILES string of the molecule is CNCCc1nc2cc(F)ccc2n1CCN(C)C. The third-order valence-electron chi connectivity index (χ3n) is 3.16. The lowest BCUT2D eigenvalue weighted by Gasteiger charge is -2.13. The quantitative estimate of drug-likeness (QED) is 0.858. The van der Waals surface area contributed by atoms with E-state index >= 15 is 0 Å². The van der Waals surface area contributed by atoms with Crippen LogP contribution in [-0.4, -0.2) is 48.7 Å². The Morgan fingerprint density at radius 2 is 2.16 bits per heavy atom. The molecule has 0 saturated carbocycles. The van der Waals surface area contributed by atoms with Crippen LogP contribution in [0.25, 0.3) is 11.0 Å². The minimum absolute atomic E-state index is 0.232. The molecule has 0 fully saturated rings. The summed E-state index contributed by atoms with van der Waals surface area (Å²) in [7, 11) is 6.02. The highest BCUT2D eigenvalue weighted by atomic mass is 19.1. The van der Waals surface area contributed by atoms with Gasteiger partial charge in [-0.2, -0.15) is 0 Å². The van der Waals surface area contributed by atoms with Crippen molar-refractivity contribution >= 4 is 11.0 Å². The zero-order valence-corrected chi connectivity index (χ0v) is 11.8. The van der Waals surface area contributed by atoms with Crippen molar-refractivity contribution in [1.29, 1.82) is 0 Å². The molecule has 0 spiro atoms. The summed E-state index contributed by atoms with van der Waals surface area (Å²) < 4.78 is 15.5. The first-order valence-electron chi connectivity index (χ1n) is 6.56. The Morgan fingerprint density at radius 1 is 1.37 bits per heavy atom.